The first kappa shape index (κ1) is 9.06. The molecule has 9 heavy (non-hydrogen) atoms. The fourth-order valence-electron chi connectivity index (χ4n) is 0.362. The third-order valence-electron chi connectivity index (χ3n) is 1.01. The first-order chi connectivity index (χ1) is 4.04. The quantitative estimate of drug-likeness (QED) is 0.435. The maximum atomic E-state index is 5.70. The molecule has 1 atom stereocenters. The van der Waals surface area contributed by atoms with E-state index in [9.17, 15) is 0 Å². The van der Waals surface area contributed by atoms with Crippen LogP contribution in [0.25, 0.3) is 0 Å². The Balaban J connectivity index is 4.00. The van der Waals surface area contributed by atoms with E-state index in [2.05, 4.69) is 6.58 Å². The van der Waals surface area contributed by atoms with Crippen LogP contribution >= 0.6 is 23.2 Å². The molecule has 0 radical (unpaired) electrons. The largest absolute Gasteiger partial charge is 0.118 e. The number of halogens is 2. The van der Waals surface area contributed by atoms with E-state index in [1.807, 2.05) is 13.8 Å². The van der Waals surface area contributed by atoms with Crippen LogP contribution in [0.1, 0.15) is 13.8 Å². The van der Waals surface area contributed by atoms with Crippen molar-refractivity contribution in [1.82, 2.24) is 0 Å². The zero-order valence-electron chi connectivity index (χ0n) is 5.62. The highest BCUT2D eigenvalue weighted by atomic mass is 35.5. The summed E-state index contributed by atoms with van der Waals surface area (Å²) >= 11 is 11.2. The van der Waals surface area contributed by atoms with Gasteiger partial charge in [0.1, 0.15) is 0 Å². The Labute approximate surface area is 66.2 Å². The summed E-state index contributed by atoms with van der Waals surface area (Å²) in [6.07, 6.45) is 1.76. The predicted molar refractivity (Wildman–Crippen MR) is 44.1 cm³/mol. The molecule has 52 valence electrons. The van der Waals surface area contributed by atoms with Crippen LogP contribution in [0.5, 0.6) is 0 Å². The minimum Gasteiger partial charge on any atom is -0.118 e. The van der Waals surface area contributed by atoms with Crippen LogP contribution in [0.4, 0.5) is 0 Å². The van der Waals surface area contributed by atoms with Crippen LogP contribution in [-0.4, -0.2) is 5.38 Å². The zero-order valence-corrected chi connectivity index (χ0v) is 7.13. The average Bonchev–Trinajstić information content (AvgIpc) is 1.63. The van der Waals surface area contributed by atoms with E-state index in [4.69, 9.17) is 23.2 Å². The standard InChI is InChI=1S/C7H10Cl2/c1-5(7(3)9)4-6(2)8/h4,7H,2H2,1,3H3/b5-4+. The van der Waals surface area contributed by atoms with Crippen molar-refractivity contribution in [2.75, 3.05) is 0 Å². The molecule has 0 bridgehead atoms. The first-order valence-electron chi connectivity index (χ1n) is 2.70. The van der Waals surface area contributed by atoms with Crippen molar-refractivity contribution in [2.24, 2.45) is 0 Å². The molecule has 0 aromatic carbocycles. The van der Waals surface area contributed by atoms with Gasteiger partial charge in [0.25, 0.3) is 0 Å². The lowest BCUT2D eigenvalue weighted by Gasteiger charge is -2.00. The molecule has 0 saturated heterocycles. The summed E-state index contributed by atoms with van der Waals surface area (Å²) in [4.78, 5) is 0. The SMILES string of the molecule is C=C(Cl)/C=C(\C)C(C)Cl. The third kappa shape index (κ3) is 4.56. The Morgan fingerprint density at radius 3 is 2.22 bits per heavy atom. The molecule has 0 aliphatic carbocycles. The molecular formula is C7H10Cl2. The molecule has 0 nitrogen and oxygen atoms in total. The third-order valence-corrected chi connectivity index (χ3v) is 1.47. The van der Waals surface area contributed by atoms with Gasteiger partial charge in [-0.05, 0) is 19.9 Å². The van der Waals surface area contributed by atoms with Crippen LogP contribution in [0.3, 0.4) is 0 Å². The number of allylic oxidation sites excluding steroid dienone is 3. The maximum absolute atomic E-state index is 5.70. The van der Waals surface area contributed by atoms with E-state index < -0.39 is 0 Å². The molecular weight excluding hydrogens is 155 g/mol. The lowest BCUT2D eigenvalue weighted by atomic mass is 10.2. The van der Waals surface area contributed by atoms with Gasteiger partial charge in [-0.15, -0.1) is 11.6 Å². The highest BCUT2D eigenvalue weighted by molar-refractivity contribution is 6.31. The van der Waals surface area contributed by atoms with Gasteiger partial charge in [0, 0.05) is 5.03 Å². The summed E-state index contributed by atoms with van der Waals surface area (Å²) in [5.41, 5.74) is 1.04. The van der Waals surface area contributed by atoms with Crippen LogP contribution in [0, 0.1) is 0 Å². The monoisotopic (exact) mass is 164 g/mol. The second-order valence-corrected chi connectivity index (χ2v) is 3.09. The highest BCUT2D eigenvalue weighted by Gasteiger charge is 1.96. The van der Waals surface area contributed by atoms with Gasteiger partial charge < -0.3 is 0 Å². The van der Waals surface area contributed by atoms with Crippen molar-refractivity contribution in [2.45, 2.75) is 19.2 Å². The molecule has 0 rings (SSSR count). The molecule has 0 spiro atoms. The van der Waals surface area contributed by atoms with E-state index >= 15 is 0 Å². The van der Waals surface area contributed by atoms with Crippen molar-refractivity contribution in [3.63, 3.8) is 0 Å². The molecule has 0 aromatic heterocycles. The normalized spacial score (nSPS) is 15.3. The van der Waals surface area contributed by atoms with Gasteiger partial charge in [0.15, 0.2) is 0 Å². The van der Waals surface area contributed by atoms with E-state index in [0.717, 1.165) is 5.57 Å². The Kier molecular flexibility index (Phi) is 4.00. The Morgan fingerprint density at radius 1 is 1.67 bits per heavy atom. The van der Waals surface area contributed by atoms with Crippen molar-refractivity contribution in [1.29, 1.82) is 0 Å². The molecule has 0 aliphatic rings. The van der Waals surface area contributed by atoms with Gasteiger partial charge in [-0.1, -0.05) is 23.8 Å². The molecule has 0 saturated carbocycles. The molecule has 2 heteroatoms. The molecule has 0 aromatic rings. The summed E-state index contributed by atoms with van der Waals surface area (Å²) in [7, 11) is 0. The fraction of sp³-hybridized carbons (Fsp3) is 0.429. The lowest BCUT2D eigenvalue weighted by Crippen LogP contribution is -1.91. The van der Waals surface area contributed by atoms with E-state index in [-0.39, 0.29) is 5.38 Å². The van der Waals surface area contributed by atoms with Gasteiger partial charge in [-0.25, -0.2) is 0 Å². The second-order valence-electron chi connectivity index (χ2n) is 1.95. The highest BCUT2D eigenvalue weighted by Crippen LogP contribution is 2.11. The minimum absolute atomic E-state index is 0.0421. The summed E-state index contributed by atoms with van der Waals surface area (Å²) in [6.45, 7) is 7.33. The van der Waals surface area contributed by atoms with Gasteiger partial charge in [0.2, 0.25) is 0 Å². The van der Waals surface area contributed by atoms with E-state index in [1.165, 1.54) is 0 Å². The maximum Gasteiger partial charge on any atom is 0.0517 e. The van der Waals surface area contributed by atoms with Gasteiger partial charge in [-0.3, -0.25) is 0 Å². The molecule has 0 heterocycles. The van der Waals surface area contributed by atoms with Gasteiger partial charge in [-0.2, -0.15) is 0 Å². The average molecular weight is 165 g/mol. The van der Waals surface area contributed by atoms with E-state index in [1.54, 1.807) is 6.08 Å². The molecule has 0 N–H and O–H groups in total. The minimum atomic E-state index is 0.0421. The number of rotatable bonds is 2. The van der Waals surface area contributed by atoms with Crippen LogP contribution in [-0.2, 0) is 0 Å². The fourth-order valence-corrected chi connectivity index (χ4v) is 0.597. The van der Waals surface area contributed by atoms with Gasteiger partial charge >= 0.3 is 0 Å². The smallest absolute Gasteiger partial charge is 0.0517 e. The topological polar surface area (TPSA) is 0 Å². The van der Waals surface area contributed by atoms with Crippen molar-refractivity contribution < 1.29 is 0 Å². The van der Waals surface area contributed by atoms with E-state index in [0.29, 0.717) is 5.03 Å². The number of alkyl halides is 1. The van der Waals surface area contributed by atoms with Crippen molar-refractivity contribution in [3.8, 4) is 0 Å². The second kappa shape index (κ2) is 3.97. The number of hydrogen-bond donors (Lipinski definition) is 0. The van der Waals surface area contributed by atoms with Crippen molar-refractivity contribution >= 4 is 23.2 Å². The predicted octanol–water partition coefficient (Wildman–Crippen LogP) is 3.31. The molecule has 0 fully saturated rings. The zero-order chi connectivity index (χ0) is 7.44. The Morgan fingerprint density at radius 2 is 2.11 bits per heavy atom. The van der Waals surface area contributed by atoms with Crippen molar-refractivity contribution in [3.05, 3.63) is 23.3 Å². The summed E-state index contributed by atoms with van der Waals surface area (Å²) < 4.78 is 0. The van der Waals surface area contributed by atoms with Crippen LogP contribution in [0.15, 0.2) is 23.3 Å². The Hall–Kier alpha value is 0.0600. The lowest BCUT2D eigenvalue weighted by molar-refractivity contribution is 1.11. The van der Waals surface area contributed by atoms with Gasteiger partial charge in [0.05, 0.1) is 5.38 Å². The Bertz CT molecular complexity index is 134. The molecule has 1 unspecified atom stereocenters. The molecule has 0 amide bonds. The summed E-state index contributed by atoms with van der Waals surface area (Å²) in [5.74, 6) is 0. The molecule has 0 aliphatic heterocycles. The van der Waals surface area contributed by atoms with Crippen LogP contribution < -0.4 is 0 Å². The van der Waals surface area contributed by atoms with Crippen LogP contribution in [0.2, 0.25) is 0 Å². The first-order valence-corrected chi connectivity index (χ1v) is 3.52. The number of hydrogen-bond acceptors (Lipinski definition) is 0. The summed E-state index contributed by atoms with van der Waals surface area (Å²) in [5, 5.41) is 0.570. The summed E-state index contributed by atoms with van der Waals surface area (Å²) in [6, 6.07) is 0.